The Hall–Kier alpha value is -2.43. The number of amides is 1. The van der Waals surface area contributed by atoms with E-state index in [2.05, 4.69) is 15.5 Å². The second-order valence-electron chi connectivity index (χ2n) is 3.54. The summed E-state index contributed by atoms with van der Waals surface area (Å²) in [4.78, 5) is 22.7. The van der Waals surface area contributed by atoms with Crippen LogP contribution in [0.15, 0.2) is 30.5 Å². The molecule has 5 heteroatoms. The van der Waals surface area contributed by atoms with Crippen molar-refractivity contribution in [1.29, 1.82) is 0 Å². The topological polar surface area (TPSA) is 74.8 Å². The largest absolute Gasteiger partial charge is 0.321 e. The molecule has 2 rings (SSSR count). The molecule has 0 aliphatic heterocycles. The van der Waals surface area contributed by atoms with E-state index in [1.807, 2.05) is 0 Å². The Bertz CT molecular complexity index is 560. The number of aldehydes is 1. The average molecular weight is 229 g/mol. The number of carbonyl (C=O) groups is 2. The van der Waals surface area contributed by atoms with Crippen molar-refractivity contribution in [2.24, 2.45) is 0 Å². The van der Waals surface area contributed by atoms with Crippen LogP contribution in [0.3, 0.4) is 0 Å². The first-order valence-electron chi connectivity index (χ1n) is 5.08. The van der Waals surface area contributed by atoms with Crippen molar-refractivity contribution in [2.75, 3.05) is 5.32 Å². The van der Waals surface area contributed by atoms with Gasteiger partial charge in [-0.1, -0.05) is 12.1 Å². The molecular formula is C12H11N3O2. The fourth-order valence-corrected chi connectivity index (χ4v) is 1.49. The van der Waals surface area contributed by atoms with Gasteiger partial charge in [0.25, 0.3) is 5.91 Å². The molecule has 0 fully saturated rings. The number of rotatable bonds is 3. The molecule has 0 bridgehead atoms. The highest BCUT2D eigenvalue weighted by molar-refractivity contribution is 6.06. The molecule has 0 atom stereocenters. The summed E-state index contributed by atoms with van der Waals surface area (Å²) in [5.74, 6) is -0.287. The number of H-pyrrole nitrogens is 1. The molecule has 5 nitrogen and oxygen atoms in total. The Labute approximate surface area is 97.9 Å². The third-order valence-corrected chi connectivity index (χ3v) is 2.41. The third kappa shape index (κ3) is 2.23. The minimum Gasteiger partial charge on any atom is -0.321 e. The summed E-state index contributed by atoms with van der Waals surface area (Å²) in [5.41, 5.74) is 2.02. The van der Waals surface area contributed by atoms with Gasteiger partial charge in [-0.3, -0.25) is 14.7 Å². The molecule has 17 heavy (non-hydrogen) atoms. The third-order valence-electron chi connectivity index (χ3n) is 2.41. The summed E-state index contributed by atoms with van der Waals surface area (Å²) in [6.07, 6.45) is 2.23. The predicted octanol–water partition coefficient (Wildman–Crippen LogP) is 1.78. The lowest BCUT2D eigenvalue weighted by Crippen LogP contribution is -2.13. The Morgan fingerprint density at radius 3 is 2.82 bits per heavy atom. The molecule has 2 N–H and O–H groups in total. The SMILES string of the molecule is Cc1n[nH]cc1C(=O)Nc1ccccc1C=O. The molecule has 0 aliphatic carbocycles. The quantitative estimate of drug-likeness (QED) is 0.788. The predicted molar refractivity (Wildman–Crippen MR) is 63.1 cm³/mol. The standard InChI is InChI=1S/C12H11N3O2/c1-8-10(6-13-15-8)12(17)14-11-5-3-2-4-9(11)7-16/h2-7H,1H3,(H,13,15)(H,14,17). The number of carbonyl (C=O) groups excluding carboxylic acids is 2. The van der Waals surface area contributed by atoms with E-state index in [1.54, 1.807) is 31.2 Å². The smallest absolute Gasteiger partial charge is 0.259 e. The van der Waals surface area contributed by atoms with Crippen LogP contribution in [0, 0.1) is 6.92 Å². The van der Waals surface area contributed by atoms with Crippen LogP contribution in [-0.2, 0) is 0 Å². The molecule has 2 aromatic rings. The Balaban J connectivity index is 2.25. The Kier molecular flexibility index (Phi) is 3.00. The van der Waals surface area contributed by atoms with E-state index in [9.17, 15) is 9.59 Å². The van der Waals surface area contributed by atoms with Gasteiger partial charge in [-0.15, -0.1) is 0 Å². The van der Waals surface area contributed by atoms with Crippen molar-refractivity contribution >= 4 is 17.9 Å². The van der Waals surface area contributed by atoms with Crippen LogP contribution >= 0.6 is 0 Å². The highest BCUT2D eigenvalue weighted by Gasteiger charge is 2.12. The number of hydrogen-bond acceptors (Lipinski definition) is 3. The minimum atomic E-state index is -0.287. The number of para-hydroxylation sites is 1. The van der Waals surface area contributed by atoms with Crippen LogP contribution in [0.4, 0.5) is 5.69 Å². The molecule has 0 saturated heterocycles. The Morgan fingerprint density at radius 2 is 2.18 bits per heavy atom. The van der Waals surface area contributed by atoms with E-state index in [0.29, 0.717) is 28.8 Å². The average Bonchev–Trinajstić information content (AvgIpc) is 2.76. The molecule has 0 saturated carbocycles. The molecule has 1 heterocycles. The van der Waals surface area contributed by atoms with Gasteiger partial charge >= 0.3 is 0 Å². The molecular weight excluding hydrogens is 218 g/mol. The second-order valence-corrected chi connectivity index (χ2v) is 3.54. The maximum atomic E-state index is 11.9. The molecule has 1 aromatic heterocycles. The fraction of sp³-hybridized carbons (Fsp3) is 0.0833. The molecule has 86 valence electrons. The summed E-state index contributed by atoms with van der Waals surface area (Å²) in [7, 11) is 0. The first kappa shape index (κ1) is 11.1. The summed E-state index contributed by atoms with van der Waals surface area (Å²) < 4.78 is 0. The maximum Gasteiger partial charge on any atom is 0.259 e. The van der Waals surface area contributed by atoms with Gasteiger partial charge in [0.05, 0.1) is 16.9 Å². The zero-order chi connectivity index (χ0) is 12.3. The Morgan fingerprint density at radius 1 is 1.41 bits per heavy atom. The molecule has 0 spiro atoms. The first-order chi connectivity index (χ1) is 8.22. The van der Waals surface area contributed by atoms with Crippen LogP contribution in [0.5, 0.6) is 0 Å². The van der Waals surface area contributed by atoms with E-state index in [1.165, 1.54) is 6.20 Å². The van der Waals surface area contributed by atoms with Crippen LogP contribution in [-0.4, -0.2) is 22.4 Å². The number of nitrogens with zero attached hydrogens (tertiary/aromatic N) is 1. The van der Waals surface area contributed by atoms with Gasteiger partial charge in [0.15, 0.2) is 6.29 Å². The van der Waals surface area contributed by atoms with Gasteiger partial charge in [0.2, 0.25) is 0 Å². The number of hydrogen-bond donors (Lipinski definition) is 2. The molecule has 0 aliphatic rings. The fourth-order valence-electron chi connectivity index (χ4n) is 1.49. The summed E-state index contributed by atoms with van der Waals surface area (Å²) in [5, 5.41) is 9.15. The maximum absolute atomic E-state index is 11.9. The summed E-state index contributed by atoms with van der Waals surface area (Å²) in [6.45, 7) is 1.73. The van der Waals surface area contributed by atoms with E-state index in [0.717, 1.165) is 0 Å². The van der Waals surface area contributed by atoms with Gasteiger partial charge in [0.1, 0.15) is 0 Å². The van der Waals surface area contributed by atoms with E-state index < -0.39 is 0 Å². The summed E-state index contributed by atoms with van der Waals surface area (Å²) in [6, 6.07) is 6.81. The zero-order valence-electron chi connectivity index (χ0n) is 9.23. The molecule has 0 radical (unpaired) electrons. The minimum absolute atomic E-state index is 0.287. The van der Waals surface area contributed by atoms with Crippen molar-refractivity contribution in [3.63, 3.8) is 0 Å². The molecule has 1 aromatic carbocycles. The first-order valence-corrected chi connectivity index (χ1v) is 5.08. The summed E-state index contributed by atoms with van der Waals surface area (Å²) >= 11 is 0. The van der Waals surface area contributed by atoms with Crippen LogP contribution in [0.1, 0.15) is 26.4 Å². The van der Waals surface area contributed by atoms with Crippen molar-refractivity contribution in [2.45, 2.75) is 6.92 Å². The number of benzene rings is 1. The number of nitrogens with one attached hydrogen (secondary N) is 2. The lowest BCUT2D eigenvalue weighted by atomic mass is 10.2. The van der Waals surface area contributed by atoms with Gasteiger partial charge in [-0.25, -0.2) is 0 Å². The van der Waals surface area contributed by atoms with Crippen molar-refractivity contribution in [3.8, 4) is 0 Å². The van der Waals surface area contributed by atoms with Crippen LogP contribution in [0.2, 0.25) is 0 Å². The normalized spacial score (nSPS) is 9.94. The van der Waals surface area contributed by atoms with E-state index >= 15 is 0 Å². The van der Waals surface area contributed by atoms with Gasteiger partial charge < -0.3 is 5.32 Å². The number of aryl methyl sites for hydroxylation is 1. The lowest BCUT2D eigenvalue weighted by molar-refractivity contribution is 0.102. The van der Waals surface area contributed by atoms with Crippen LogP contribution < -0.4 is 5.32 Å². The molecule has 1 amide bonds. The number of aromatic amines is 1. The van der Waals surface area contributed by atoms with Crippen LogP contribution in [0.25, 0.3) is 0 Å². The second kappa shape index (κ2) is 4.61. The monoisotopic (exact) mass is 229 g/mol. The van der Waals surface area contributed by atoms with Gasteiger partial charge in [-0.2, -0.15) is 5.10 Å². The number of anilines is 1. The van der Waals surface area contributed by atoms with Gasteiger partial charge in [-0.05, 0) is 19.1 Å². The van der Waals surface area contributed by atoms with E-state index in [4.69, 9.17) is 0 Å². The highest BCUT2D eigenvalue weighted by atomic mass is 16.1. The van der Waals surface area contributed by atoms with E-state index in [-0.39, 0.29) is 5.91 Å². The highest BCUT2D eigenvalue weighted by Crippen LogP contribution is 2.14. The lowest BCUT2D eigenvalue weighted by Gasteiger charge is -2.06. The van der Waals surface area contributed by atoms with Crippen molar-refractivity contribution in [3.05, 3.63) is 47.3 Å². The molecule has 0 unspecified atom stereocenters. The van der Waals surface area contributed by atoms with Gasteiger partial charge in [0, 0.05) is 11.8 Å². The van der Waals surface area contributed by atoms with Crippen molar-refractivity contribution < 1.29 is 9.59 Å². The van der Waals surface area contributed by atoms with Crippen molar-refractivity contribution in [1.82, 2.24) is 10.2 Å². The number of aromatic nitrogens is 2. The zero-order valence-corrected chi connectivity index (χ0v) is 9.23.